The molecule has 7 rings (SSSR count). The monoisotopic (exact) mass is 336 g/mol. The number of methoxy groups -OCH3 is 1. The molecule has 0 heterocycles. The van der Waals surface area contributed by atoms with Crippen molar-refractivity contribution >= 4 is 5.97 Å². The number of nitrogens with one attached hydrogen (secondary N) is 1. The first-order chi connectivity index (χ1) is 12.2. The van der Waals surface area contributed by atoms with Crippen molar-refractivity contribution < 1.29 is 14.6 Å². The van der Waals surface area contributed by atoms with E-state index in [2.05, 4.69) is 11.4 Å². The summed E-state index contributed by atoms with van der Waals surface area (Å²) in [5.41, 5.74) is 0.909. The second-order valence-electron chi connectivity index (χ2n) is 8.45. The van der Waals surface area contributed by atoms with Gasteiger partial charge in [-0.25, -0.2) is 0 Å². The molecular formula is C20H20N2O3. The van der Waals surface area contributed by atoms with E-state index >= 15 is 0 Å². The van der Waals surface area contributed by atoms with E-state index in [9.17, 15) is 15.2 Å². The molecule has 5 nitrogen and oxygen atoms in total. The minimum absolute atomic E-state index is 0.0106. The van der Waals surface area contributed by atoms with Gasteiger partial charge in [0.25, 0.3) is 0 Å². The van der Waals surface area contributed by atoms with Crippen molar-refractivity contribution in [2.24, 2.45) is 46.3 Å². The first-order valence-corrected chi connectivity index (χ1v) is 9.10. The van der Waals surface area contributed by atoms with Gasteiger partial charge >= 0.3 is 5.97 Å². The molecule has 6 aliphatic carbocycles. The predicted molar refractivity (Wildman–Crippen MR) is 86.6 cm³/mol. The number of benzene rings is 1. The van der Waals surface area contributed by atoms with Gasteiger partial charge in [0, 0.05) is 5.41 Å². The highest BCUT2D eigenvalue weighted by Crippen LogP contribution is 3.10. The zero-order valence-corrected chi connectivity index (χ0v) is 13.9. The molecule has 0 saturated heterocycles. The van der Waals surface area contributed by atoms with Crippen LogP contribution in [0.5, 0.6) is 0 Å². The Morgan fingerprint density at radius 3 is 2.32 bits per heavy atom. The Morgan fingerprint density at radius 1 is 1.24 bits per heavy atom. The standard InChI is InChI=1S/C20H20N2O3/c1-25-18(24)20-15-12-16(20)14-17(20)13(15)19(12,14)11(7-21)22-10(8-23)9-5-3-2-4-6-9/h2-6,10-17,22-23H,8H2,1H3/t10-,11-,12?,13?,14?,15?,16?,17?,19?,20?/m1/s1. The van der Waals surface area contributed by atoms with Gasteiger partial charge in [-0.15, -0.1) is 0 Å². The van der Waals surface area contributed by atoms with Crippen LogP contribution in [-0.2, 0) is 9.53 Å². The van der Waals surface area contributed by atoms with Crippen molar-refractivity contribution in [2.75, 3.05) is 13.7 Å². The van der Waals surface area contributed by atoms with E-state index < -0.39 is 0 Å². The zero-order valence-electron chi connectivity index (χ0n) is 13.9. The first kappa shape index (κ1) is 14.3. The predicted octanol–water partition coefficient (Wildman–Crippen LogP) is 1.11. The van der Waals surface area contributed by atoms with E-state index in [1.54, 1.807) is 0 Å². The van der Waals surface area contributed by atoms with E-state index in [1.165, 1.54) is 7.11 Å². The maximum absolute atomic E-state index is 12.2. The van der Waals surface area contributed by atoms with Crippen LogP contribution in [-0.4, -0.2) is 30.8 Å². The number of esters is 1. The molecule has 6 aliphatic rings. The molecule has 0 unspecified atom stereocenters. The number of nitriles is 1. The van der Waals surface area contributed by atoms with Crippen LogP contribution in [0.25, 0.3) is 0 Å². The van der Waals surface area contributed by atoms with Gasteiger partial charge < -0.3 is 9.84 Å². The summed E-state index contributed by atoms with van der Waals surface area (Å²) in [5.74, 6) is 2.91. The van der Waals surface area contributed by atoms with Crippen molar-refractivity contribution in [3.8, 4) is 6.07 Å². The van der Waals surface area contributed by atoms with Crippen LogP contribution in [0.4, 0.5) is 0 Å². The fourth-order valence-corrected chi connectivity index (χ4v) is 8.21. The van der Waals surface area contributed by atoms with Crippen LogP contribution in [0.15, 0.2) is 30.3 Å². The number of hydrogen-bond acceptors (Lipinski definition) is 5. The Hall–Kier alpha value is -1.90. The number of aliphatic hydroxyl groups is 1. The summed E-state index contributed by atoms with van der Waals surface area (Å²) in [5, 5.41) is 23.1. The molecule has 1 aromatic rings. The number of carbonyl (C=O) groups is 1. The molecule has 6 saturated carbocycles. The summed E-state index contributed by atoms with van der Waals surface area (Å²) in [6, 6.07) is 11.8. The number of carbonyl (C=O) groups excluding carboxylic acids is 1. The second-order valence-corrected chi connectivity index (χ2v) is 8.45. The summed E-state index contributed by atoms with van der Waals surface area (Å²) < 4.78 is 5.07. The molecule has 0 amide bonds. The summed E-state index contributed by atoms with van der Waals surface area (Å²) in [6.07, 6.45) is 0. The van der Waals surface area contributed by atoms with E-state index in [1.807, 2.05) is 30.3 Å². The van der Waals surface area contributed by atoms with Gasteiger partial charge in [0.1, 0.15) is 6.04 Å². The van der Waals surface area contributed by atoms with Crippen molar-refractivity contribution in [3.05, 3.63) is 35.9 Å². The Labute approximate surface area is 146 Å². The Balaban J connectivity index is 1.25. The van der Waals surface area contributed by atoms with Gasteiger partial charge in [0.05, 0.1) is 31.2 Å². The van der Waals surface area contributed by atoms with Crippen LogP contribution in [0.1, 0.15) is 11.6 Å². The molecule has 5 heteroatoms. The first-order valence-electron chi connectivity index (χ1n) is 9.10. The maximum Gasteiger partial charge on any atom is 0.312 e. The SMILES string of the molecule is COC(=O)C12C3C4C1C1C2C3C41[C@@H](C#N)N[C@H](CO)c1ccccc1. The third-order valence-corrected chi connectivity index (χ3v) is 8.63. The molecule has 2 atom stereocenters. The Bertz CT molecular complexity index is 776. The summed E-state index contributed by atoms with van der Waals surface area (Å²) in [6.45, 7) is -0.0271. The molecule has 0 bridgehead atoms. The largest absolute Gasteiger partial charge is 0.469 e. The minimum Gasteiger partial charge on any atom is -0.469 e. The Kier molecular flexibility index (Phi) is 2.33. The lowest BCUT2D eigenvalue weighted by molar-refractivity contribution is -0.645. The number of rotatable bonds is 6. The van der Waals surface area contributed by atoms with Crippen LogP contribution in [0.3, 0.4) is 0 Å². The second kappa shape index (κ2) is 4.08. The van der Waals surface area contributed by atoms with Gasteiger partial charge in [-0.3, -0.25) is 10.1 Å². The molecule has 1 aromatic carbocycles. The van der Waals surface area contributed by atoms with Gasteiger partial charge in [0.2, 0.25) is 0 Å². The van der Waals surface area contributed by atoms with Crippen LogP contribution in [0.2, 0.25) is 0 Å². The number of hydrogen-bond donors (Lipinski definition) is 2. The van der Waals surface area contributed by atoms with Gasteiger partial charge in [-0.1, -0.05) is 30.3 Å². The lowest BCUT2D eigenvalue weighted by Crippen LogP contribution is -3.12. The zero-order chi connectivity index (χ0) is 17.1. The third kappa shape index (κ3) is 1.05. The van der Waals surface area contributed by atoms with E-state index in [4.69, 9.17) is 4.74 Å². The van der Waals surface area contributed by atoms with E-state index in [0.717, 1.165) is 5.56 Å². The van der Waals surface area contributed by atoms with Crippen LogP contribution < -0.4 is 5.32 Å². The highest BCUT2D eigenvalue weighted by molar-refractivity contribution is 5.88. The fraction of sp³-hybridized carbons (Fsp3) is 0.600. The molecule has 128 valence electrons. The van der Waals surface area contributed by atoms with Crippen molar-refractivity contribution in [1.82, 2.24) is 5.32 Å². The number of nitrogens with zero attached hydrogens (tertiary/aromatic N) is 1. The number of aliphatic hydroxyl groups excluding tert-OH is 1. The fourth-order valence-electron chi connectivity index (χ4n) is 8.21. The number of ether oxygens (including phenoxy) is 1. The third-order valence-electron chi connectivity index (χ3n) is 8.63. The average molecular weight is 336 g/mol. The summed E-state index contributed by atoms with van der Waals surface area (Å²) >= 11 is 0. The average Bonchev–Trinajstić information content (AvgIpc) is 2.69. The topological polar surface area (TPSA) is 82.4 Å². The molecule has 6 fully saturated rings. The van der Waals surface area contributed by atoms with Crippen molar-refractivity contribution in [3.63, 3.8) is 0 Å². The van der Waals surface area contributed by atoms with E-state index in [0.29, 0.717) is 35.5 Å². The maximum atomic E-state index is 12.2. The van der Waals surface area contributed by atoms with Crippen molar-refractivity contribution in [2.45, 2.75) is 12.1 Å². The minimum atomic E-state index is -0.246. The summed E-state index contributed by atoms with van der Waals surface area (Å²) in [4.78, 5) is 12.2. The molecule has 0 spiro atoms. The lowest BCUT2D eigenvalue weighted by Gasteiger charge is -3.10. The highest BCUT2D eigenvalue weighted by atomic mass is 16.5. The molecule has 25 heavy (non-hydrogen) atoms. The molecule has 0 aromatic heterocycles. The van der Waals surface area contributed by atoms with Crippen molar-refractivity contribution in [1.29, 1.82) is 5.26 Å². The van der Waals surface area contributed by atoms with E-state index in [-0.39, 0.29) is 35.5 Å². The normalized spacial score (nSPS) is 50.4. The summed E-state index contributed by atoms with van der Waals surface area (Å²) in [7, 11) is 1.49. The smallest absolute Gasteiger partial charge is 0.312 e. The van der Waals surface area contributed by atoms with Crippen LogP contribution >= 0.6 is 0 Å². The van der Waals surface area contributed by atoms with Gasteiger partial charge in [0.15, 0.2) is 0 Å². The van der Waals surface area contributed by atoms with Crippen LogP contribution in [0, 0.1) is 57.7 Å². The van der Waals surface area contributed by atoms with Gasteiger partial charge in [-0.05, 0) is 41.1 Å². The highest BCUT2D eigenvalue weighted by Gasteiger charge is 3.12. The van der Waals surface area contributed by atoms with Gasteiger partial charge in [-0.2, -0.15) is 5.26 Å². The Morgan fingerprint density at radius 2 is 1.84 bits per heavy atom. The molecular weight excluding hydrogens is 316 g/mol. The molecule has 2 N–H and O–H groups in total. The molecule has 0 radical (unpaired) electrons. The quantitative estimate of drug-likeness (QED) is 0.761. The molecule has 0 aliphatic heterocycles. The lowest BCUT2D eigenvalue weighted by atomic mass is 8.91.